The summed E-state index contributed by atoms with van der Waals surface area (Å²) in [5.74, 6) is 0. The van der Waals surface area contributed by atoms with E-state index < -0.39 is 0 Å². The summed E-state index contributed by atoms with van der Waals surface area (Å²) in [5.41, 5.74) is 4.12. The molecule has 1 aliphatic rings. The number of aliphatic hydroxyl groups is 1. The average molecular weight is 231 g/mol. The van der Waals surface area contributed by atoms with Gasteiger partial charge in [0.2, 0.25) is 0 Å². The quantitative estimate of drug-likeness (QED) is 0.728. The Balaban J connectivity index is 2.02. The maximum Gasteiger partial charge on any atom is 0.127 e. The molecule has 0 saturated carbocycles. The molecule has 0 aliphatic heterocycles. The van der Waals surface area contributed by atoms with Crippen molar-refractivity contribution in [3.8, 4) is 0 Å². The van der Waals surface area contributed by atoms with E-state index in [1.54, 1.807) is 0 Å². The molecule has 1 aromatic carbocycles. The number of benzene rings is 1. The fraction of sp³-hybridized carbons (Fsp3) is 0.429. The van der Waals surface area contributed by atoms with Gasteiger partial charge in [-0.2, -0.15) is 0 Å². The van der Waals surface area contributed by atoms with Crippen molar-refractivity contribution in [2.45, 2.75) is 25.3 Å². The summed E-state index contributed by atoms with van der Waals surface area (Å²) in [6, 6.07) is 9.04. The van der Waals surface area contributed by atoms with E-state index in [-0.39, 0.29) is 6.61 Å². The van der Waals surface area contributed by atoms with Gasteiger partial charge in [-0.25, -0.2) is 0 Å². The summed E-state index contributed by atoms with van der Waals surface area (Å²) in [6.45, 7) is 1.05. The van der Waals surface area contributed by atoms with Crippen molar-refractivity contribution < 1.29 is 10.4 Å². The minimum absolute atomic E-state index is 0.256. The smallest absolute Gasteiger partial charge is 0.127 e. The highest BCUT2D eigenvalue weighted by Gasteiger charge is 2.26. The Kier molecular flexibility index (Phi) is 2.87. The number of H-pyrrole nitrogens is 1. The molecule has 17 heavy (non-hydrogen) atoms. The van der Waals surface area contributed by atoms with Crippen LogP contribution in [0.2, 0.25) is 0 Å². The number of aliphatic hydroxyl groups excluding tert-OH is 1. The van der Waals surface area contributed by atoms with E-state index in [2.05, 4.69) is 34.6 Å². The van der Waals surface area contributed by atoms with Crippen molar-refractivity contribution in [3.63, 3.8) is 0 Å². The fourth-order valence-electron chi connectivity index (χ4n) is 2.96. The van der Waals surface area contributed by atoms with Crippen LogP contribution in [0, 0.1) is 0 Å². The first-order valence-electron chi connectivity index (χ1n) is 6.44. The Labute approximate surface area is 101 Å². The number of nitrogens with two attached hydrogens (primary N) is 1. The van der Waals surface area contributed by atoms with Crippen LogP contribution in [-0.2, 0) is 6.42 Å². The van der Waals surface area contributed by atoms with Crippen LogP contribution >= 0.6 is 0 Å². The first-order chi connectivity index (χ1) is 8.40. The summed E-state index contributed by atoms with van der Waals surface area (Å²) in [6.07, 6.45) is 3.64. The molecular formula is C14H19N2O+. The molecule has 3 nitrogen and oxygen atoms in total. The fourth-order valence-corrected chi connectivity index (χ4v) is 2.96. The summed E-state index contributed by atoms with van der Waals surface area (Å²) in [4.78, 5) is 3.56. The Morgan fingerprint density at radius 3 is 3.12 bits per heavy atom. The second-order valence-corrected chi connectivity index (χ2v) is 4.81. The number of aromatic amines is 1. The molecule has 1 atom stereocenters. The number of quaternary nitrogens is 1. The van der Waals surface area contributed by atoms with Gasteiger partial charge in [0.15, 0.2) is 0 Å². The highest BCUT2D eigenvalue weighted by Crippen LogP contribution is 2.32. The van der Waals surface area contributed by atoms with Crippen LogP contribution in [-0.4, -0.2) is 23.2 Å². The molecule has 0 radical (unpaired) electrons. The lowest BCUT2D eigenvalue weighted by Gasteiger charge is -2.20. The van der Waals surface area contributed by atoms with Gasteiger partial charge in [-0.15, -0.1) is 0 Å². The van der Waals surface area contributed by atoms with Crippen molar-refractivity contribution in [1.29, 1.82) is 0 Å². The molecule has 0 fully saturated rings. The third-order valence-electron chi connectivity index (χ3n) is 3.74. The van der Waals surface area contributed by atoms with E-state index in [0.29, 0.717) is 6.04 Å². The van der Waals surface area contributed by atoms with Crippen molar-refractivity contribution in [1.82, 2.24) is 4.98 Å². The van der Waals surface area contributed by atoms with E-state index in [4.69, 9.17) is 5.11 Å². The number of nitrogens with one attached hydrogen (secondary N) is 1. The van der Waals surface area contributed by atoms with Gasteiger partial charge in [0.25, 0.3) is 0 Å². The Morgan fingerprint density at radius 1 is 1.35 bits per heavy atom. The van der Waals surface area contributed by atoms with Crippen LogP contribution in [0.4, 0.5) is 0 Å². The largest absolute Gasteiger partial charge is 0.391 e. The van der Waals surface area contributed by atoms with Crippen LogP contribution in [0.15, 0.2) is 24.3 Å². The SMILES string of the molecule is OCC[NH2+][C@H]1CCCc2c1[nH]c1ccccc21. The standard InChI is InChI=1S/C14H18N2O/c17-9-8-15-13-7-3-5-11-10-4-1-2-6-12(10)16-14(11)13/h1-2,4,6,13,15-17H,3,5,7-9H2/p+1/t13-/m0/s1. The van der Waals surface area contributed by atoms with Crippen LogP contribution < -0.4 is 5.32 Å². The third kappa shape index (κ3) is 1.85. The average Bonchev–Trinajstić information content (AvgIpc) is 2.75. The van der Waals surface area contributed by atoms with Gasteiger partial charge < -0.3 is 15.4 Å². The molecule has 4 N–H and O–H groups in total. The molecule has 0 bridgehead atoms. The van der Waals surface area contributed by atoms with Crippen molar-refractivity contribution in [2.75, 3.05) is 13.2 Å². The Morgan fingerprint density at radius 2 is 2.24 bits per heavy atom. The lowest BCUT2D eigenvalue weighted by Crippen LogP contribution is -2.86. The molecule has 90 valence electrons. The number of hydrogen-bond acceptors (Lipinski definition) is 1. The van der Waals surface area contributed by atoms with E-state index in [1.807, 2.05) is 0 Å². The van der Waals surface area contributed by atoms with Crippen LogP contribution in [0.3, 0.4) is 0 Å². The zero-order valence-electron chi connectivity index (χ0n) is 9.95. The maximum atomic E-state index is 8.94. The van der Waals surface area contributed by atoms with E-state index in [9.17, 15) is 0 Å². The first-order valence-corrected chi connectivity index (χ1v) is 6.44. The number of para-hydroxylation sites is 1. The topological polar surface area (TPSA) is 52.6 Å². The van der Waals surface area contributed by atoms with Crippen LogP contribution in [0.1, 0.15) is 30.1 Å². The normalized spacial score (nSPS) is 19.5. The second kappa shape index (κ2) is 4.51. The monoisotopic (exact) mass is 231 g/mol. The lowest BCUT2D eigenvalue weighted by molar-refractivity contribution is -0.698. The van der Waals surface area contributed by atoms with Crippen molar-refractivity contribution in [3.05, 3.63) is 35.5 Å². The van der Waals surface area contributed by atoms with Gasteiger partial charge in [0, 0.05) is 17.3 Å². The predicted octanol–water partition coefficient (Wildman–Crippen LogP) is 1.10. The number of rotatable bonds is 3. The molecule has 3 rings (SSSR count). The minimum Gasteiger partial charge on any atom is -0.391 e. The van der Waals surface area contributed by atoms with Crippen LogP contribution in [0.25, 0.3) is 10.9 Å². The molecular weight excluding hydrogens is 212 g/mol. The molecule has 1 heterocycles. The van der Waals surface area contributed by atoms with Crippen molar-refractivity contribution in [2.24, 2.45) is 0 Å². The summed E-state index contributed by atoms with van der Waals surface area (Å²) in [7, 11) is 0. The first kappa shape index (κ1) is 10.8. The molecule has 3 heteroatoms. The van der Waals surface area contributed by atoms with Gasteiger partial charge in [-0.05, 0) is 24.5 Å². The van der Waals surface area contributed by atoms with E-state index >= 15 is 0 Å². The van der Waals surface area contributed by atoms with Gasteiger partial charge in [-0.3, -0.25) is 0 Å². The van der Waals surface area contributed by atoms with Crippen molar-refractivity contribution >= 4 is 10.9 Å². The van der Waals surface area contributed by atoms with E-state index in [0.717, 1.165) is 6.54 Å². The molecule has 1 aliphatic carbocycles. The minimum atomic E-state index is 0.256. The highest BCUT2D eigenvalue weighted by molar-refractivity contribution is 5.84. The van der Waals surface area contributed by atoms with Gasteiger partial charge in [-0.1, -0.05) is 18.2 Å². The number of hydrogen-bond donors (Lipinski definition) is 3. The Bertz CT molecular complexity index is 518. The Hall–Kier alpha value is -1.32. The number of aryl methyl sites for hydroxylation is 1. The zero-order chi connectivity index (χ0) is 11.7. The highest BCUT2D eigenvalue weighted by atomic mass is 16.3. The van der Waals surface area contributed by atoms with Crippen LogP contribution in [0.5, 0.6) is 0 Å². The lowest BCUT2D eigenvalue weighted by atomic mass is 9.92. The molecule has 2 aromatic rings. The van der Waals surface area contributed by atoms with Gasteiger partial charge >= 0.3 is 0 Å². The maximum absolute atomic E-state index is 8.94. The molecule has 1 aromatic heterocycles. The zero-order valence-corrected chi connectivity index (χ0v) is 9.95. The molecule has 0 unspecified atom stereocenters. The van der Waals surface area contributed by atoms with E-state index in [1.165, 1.54) is 41.4 Å². The molecule has 0 saturated heterocycles. The summed E-state index contributed by atoms with van der Waals surface area (Å²) >= 11 is 0. The summed E-state index contributed by atoms with van der Waals surface area (Å²) < 4.78 is 0. The van der Waals surface area contributed by atoms with Gasteiger partial charge in [0.05, 0.1) is 18.8 Å². The molecule has 0 amide bonds. The third-order valence-corrected chi connectivity index (χ3v) is 3.74. The van der Waals surface area contributed by atoms with Gasteiger partial charge in [0.1, 0.15) is 6.04 Å². The number of fused-ring (bicyclic) bond motifs is 3. The number of aromatic nitrogens is 1. The molecule has 0 spiro atoms. The second-order valence-electron chi connectivity index (χ2n) is 4.81. The summed E-state index contributed by atoms with van der Waals surface area (Å²) in [5, 5.41) is 12.6. The predicted molar refractivity (Wildman–Crippen MR) is 67.9 cm³/mol.